The van der Waals surface area contributed by atoms with Crippen LogP contribution in [-0.2, 0) is 4.74 Å². The maximum atomic E-state index is 14.3. The molecule has 7 heteroatoms. The Morgan fingerprint density at radius 2 is 2.14 bits per heavy atom. The molecule has 1 amide bonds. The van der Waals surface area contributed by atoms with Crippen LogP contribution in [0.5, 0.6) is 0 Å². The molecule has 22 heavy (non-hydrogen) atoms. The Hall–Kier alpha value is -2.41. The number of aromatic nitrogens is 2. The minimum atomic E-state index is -0.409. The summed E-state index contributed by atoms with van der Waals surface area (Å²) >= 11 is 0. The molecule has 1 aromatic carbocycles. The molecule has 0 saturated carbocycles. The molecule has 1 saturated heterocycles. The molecule has 3 rings (SSSR count). The van der Waals surface area contributed by atoms with Crippen molar-refractivity contribution in [2.24, 2.45) is 0 Å². The first kappa shape index (κ1) is 14.5. The van der Waals surface area contributed by atoms with E-state index in [-0.39, 0.29) is 11.5 Å². The quantitative estimate of drug-likeness (QED) is 0.909. The SMILES string of the molecule is Cc1cc(NC(=O)c2ccc(N3CCOCC3)c(F)c2)n[nH]1. The van der Waals surface area contributed by atoms with Crippen molar-refractivity contribution in [3.63, 3.8) is 0 Å². The van der Waals surface area contributed by atoms with E-state index in [9.17, 15) is 9.18 Å². The van der Waals surface area contributed by atoms with Gasteiger partial charge in [0.25, 0.3) is 5.91 Å². The van der Waals surface area contributed by atoms with Crippen LogP contribution in [0.25, 0.3) is 0 Å². The van der Waals surface area contributed by atoms with Crippen molar-refractivity contribution in [3.8, 4) is 0 Å². The van der Waals surface area contributed by atoms with Crippen molar-refractivity contribution in [3.05, 3.63) is 41.3 Å². The van der Waals surface area contributed by atoms with E-state index < -0.39 is 5.82 Å². The Balaban J connectivity index is 1.74. The number of carbonyl (C=O) groups excluding carboxylic acids is 1. The highest BCUT2D eigenvalue weighted by molar-refractivity contribution is 6.04. The highest BCUT2D eigenvalue weighted by Crippen LogP contribution is 2.22. The summed E-state index contributed by atoms with van der Waals surface area (Å²) in [5.41, 5.74) is 1.59. The Morgan fingerprint density at radius 1 is 1.36 bits per heavy atom. The van der Waals surface area contributed by atoms with Crippen LogP contribution in [0.2, 0.25) is 0 Å². The molecular formula is C15H17FN4O2. The van der Waals surface area contributed by atoms with Crippen LogP contribution in [0.3, 0.4) is 0 Å². The fraction of sp³-hybridized carbons (Fsp3) is 0.333. The molecule has 116 valence electrons. The molecule has 2 N–H and O–H groups in total. The van der Waals surface area contributed by atoms with Crippen LogP contribution >= 0.6 is 0 Å². The number of hydrogen-bond acceptors (Lipinski definition) is 4. The van der Waals surface area contributed by atoms with E-state index in [2.05, 4.69) is 15.5 Å². The minimum Gasteiger partial charge on any atom is -0.378 e. The fourth-order valence-electron chi connectivity index (χ4n) is 2.38. The molecule has 1 aromatic heterocycles. The molecule has 0 unspecified atom stereocenters. The zero-order valence-corrected chi connectivity index (χ0v) is 12.2. The molecule has 1 aliphatic heterocycles. The van der Waals surface area contributed by atoms with Gasteiger partial charge in [0.05, 0.1) is 18.9 Å². The number of benzene rings is 1. The molecule has 1 aliphatic rings. The first-order chi connectivity index (χ1) is 10.6. The van der Waals surface area contributed by atoms with E-state index >= 15 is 0 Å². The lowest BCUT2D eigenvalue weighted by Crippen LogP contribution is -2.36. The molecule has 2 aromatic rings. The summed E-state index contributed by atoms with van der Waals surface area (Å²) < 4.78 is 19.5. The third-order valence-electron chi connectivity index (χ3n) is 3.51. The summed E-state index contributed by atoms with van der Waals surface area (Å²) in [6, 6.07) is 6.20. The molecule has 0 atom stereocenters. The first-order valence-corrected chi connectivity index (χ1v) is 7.09. The highest BCUT2D eigenvalue weighted by atomic mass is 19.1. The second kappa shape index (κ2) is 6.15. The molecule has 1 fully saturated rings. The third kappa shape index (κ3) is 3.09. The van der Waals surface area contributed by atoms with Crippen LogP contribution in [0.15, 0.2) is 24.3 Å². The van der Waals surface area contributed by atoms with Crippen molar-refractivity contribution >= 4 is 17.4 Å². The van der Waals surface area contributed by atoms with Crippen molar-refractivity contribution in [2.45, 2.75) is 6.92 Å². The van der Waals surface area contributed by atoms with Crippen molar-refractivity contribution in [1.82, 2.24) is 10.2 Å². The summed E-state index contributed by atoms with van der Waals surface area (Å²) in [5, 5.41) is 9.28. The normalized spacial score (nSPS) is 14.9. The van der Waals surface area contributed by atoms with Gasteiger partial charge in [-0.1, -0.05) is 0 Å². The number of nitrogens with zero attached hydrogens (tertiary/aromatic N) is 2. The summed E-state index contributed by atoms with van der Waals surface area (Å²) in [5.74, 6) is -0.383. The maximum absolute atomic E-state index is 14.3. The van der Waals surface area contributed by atoms with Gasteiger partial charge in [-0.05, 0) is 25.1 Å². The van der Waals surface area contributed by atoms with Gasteiger partial charge in [0.1, 0.15) is 5.82 Å². The van der Waals surface area contributed by atoms with Crippen LogP contribution in [-0.4, -0.2) is 42.4 Å². The van der Waals surface area contributed by atoms with Gasteiger partial charge >= 0.3 is 0 Å². The Labute approximate surface area is 127 Å². The standard InChI is InChI=1S/C15H17FN4O2/c1-10-8-14(19-18-10)17-15(21)11-2-3-13(12(16)9-11)20-4-6-22-7-5-20/h2-3,8-9H,4-7H2,1H3,(H2,17,18,19,21). The van der Waals surface area contributed by atoms with E-state index in [1.807, 2.05) is 11.8 Å². The number of rotatable bonds is 3. The van der Waals surface area contributed by atoms with E-state index in [1.54, 1.807) is 18.2 Å². The molecule has 2 heterocycles. The molecule has 0 aliphatic carbocycles. The smallest absolute Gasteiger partial charge is 0.256 e. The predicted octanol–water partition coefficient (Wildman–Crippen LogP) is 1.95. The van der Waals surface area contributed by atoms with Gasteiger partial charge in [0.15, 0.2) is 5.82 Å². The first-order valence-electron chi connectivity index (χ1n) is 7.09. The Bertz CT molecular complexity index is 680. The number of anilines is 2. The van der Waals surface area contributed by atoms with Gasteiger partial charge in [-0.15, -0.1) is 0 Å². The summed E-state index contributed by atoms with van der Waals surface area (Å²) in [6.07, 6.45) is 0. The molecule has 0 bridgehead atoms. The van der Waals surface area contributed by atoms with E-state index in [0.29, 0.717) is 37.8 Å². The van der Waals surface area contributed by atoms with Gasteiger partial charge < -0.3 is 15.0 Å². The number of morpholine rings is 1. The average molecular weight is 304 g/mol. The predicted molar refractivity (Wildman–Crippen MR) is 80.7 cm³/mol. The van der Waals surface area contributed by atoms with Gasteiger partial charge in [-0.2, -0.15) is 5.10 Å². The lowest BCUT2D eigenvalue weighted by atomic mass is 10.1. The number of H-pyrrole nitrogens is 1. The molecular weight excluding hydrogens is 287 g/mol. The Morgan fingerprint density at radius 3 is 2.77 bits per heavy atom. The van der Waals surface area contributed by atoms with Gasteiger partial charge in [-0.3, -0.25) is 9.89 Å². The largest absolute Gasteiger partial charge is 0.378 e. The van der Waals surface area contributed by atoms with Crippen molar-refractivity contribution in [2.75, 3.05) is 36.5 Å². The molecule has 0 spiro atoms. The Kier molecular flexibility index (Phi) is 4.06. The van der Waals surface area contributed by atoms with Gasteiger partial charge in [0.2, 0.25) is 0 Å². The number of amides is 1. The second-order valence-corrected chi connectivity index (χ2v) is 5.16. The number of ether oxygens (including phenoxy) is 1. The van der Waals surface area contributed by atoms with Crippen LogP contribution in [0.4, 0.5) is 15.9 Å². The number of aryl methyl sites for hydroxylation is 1. The summed E-state index contributed by atoms with van der Waals surface area (Å²) in [4.78, 5) is 14.0. The number of hydrogen-bond donors (Lipinski definition) is 2. The average Bonchev–Trinajstić information content (AvgIpc) is 2.93. The zero-order chi connectivity index (χ0) is 15.5. The highest BCUT2D eigenvalue weighted by Gasteiger charge is 2.17. The number of aromatic amines is 1. The van der Waals surface area contributed by atoms with Crippen LogP contribution in [0, 0.1) is 12.7 Å². The van der Waals surface area contributed by atoms with Gasteiger partial charge in [-0.25, -0.2) is 4.39 Å². The monoisotopic (exact) mass is 304 g/mol. The lowest BCUT2D eigenvalue weighted by Gasteiger charge is -2.29. The number of halogens is 1. The number of carbonyl (C=O) groups is 1. The second-order valence-electron chi connectivity index (χ2n) is 5.16. The van der Waals surface area contributed by atoms with E-state index in [1.165, 1.54) is 6.07 Å². The lowest BCUT2D eigenvalue weighted by molar-refractivity contribution is 0.102. The summed E-state index contributed by atoms with van der Waals surface area (Å²) in [6.45, 7) is 4.30. The maximum Gasteiger partial charge on any atom is 0.256 e. The van der Waals surface area contributed by atoms with E-state index in [4.69, 9.17) is 4.74 Å². The van der Waals surface area contributed by atoms with Crippen molar-refractivity contribution in [1.29, 1.82) is 0 Å². The third-order valence-corrected chi connectivity index (χ3v) is 3.51. The molecule has 0 radical (unpaired) electrons. The summed E-state index contributed by atoms with van der Waals surface area (Å²) in [7, 11) is 0. The fourth-order valence-corrected chi connectivity index (χ4v) is 2.38. The van der Waals surface area contributed by atoms with Crippen LogP contribution in [0.1, 0.15) is 16.1 Å². The van der Waals surface area contributed by atoms with Crippen LogP contribution < -0.4 is 10.2 Å². The topological polar surface area (TPSA) is 70.2 Å². The molecule has 6 nitrogen and oxygen atoms in total. The van der Waals surface area contributed by atoms with E-state index in [0.717, 1.165) is 5.69 Å². The number of nitrogens with one attached hydrogen (secondary N) is 2. The minimum absolute atomic E-state index is 0.259. The van der Waals surface area contributed by atoms with Crippen molar-refractivity contribution < 1.29 is 13.9 Å². The zero-order valence-electron chi connectivity index (χ0n) is 12.2. The van der Waals surface area contributed by atoms with Gasteiger partial charge in [0, 0.05) is 30.4 Å².